The zero-order chi connectivity index (χ0) is 12.5. The van der Waals surface area contributed by atoms with E-state index in [0.717, 1.165) is 34.5 Å². The maximum atomic E-state index is 4.66. The fourth-order valence-corrected chi connectivity index (χ4v) is 2.17. The Morgan fingerprint density at radius 1 is 1.11 bits per heavy atom. The molecule has 0 unspecified atom stereocenters. The minimum atomic E-state index is 0.961. The zero-order valence-corrected chi connectivity index (χ0v) is 10.6. The second kappa shape index (κ2) is 4.26. The van der Waals surface area contributed by atoms with Crippen molar-refractivity contribution in [3.63, 3.8) is 0 Å². The summed E-state index contributed by atoms with van der Waals surface area (Å²) >= 11 is 0. The predicted octanol–water partition coefficient (Wildman–Crippen LogP) is 3.20. The van der Waals surface area contributed by atoms with Gasteiger partial charge in [0, 0.05) is 24.5 Å². The number of pyridine rings is 1. The molecule has 3 heteroatoms. The minimum Gasteiger partial charge on any atom is -0.327 e. The van der Waals surface area contributed by atoms with Gasteiger partial charge in [-0.05, 0) is 30.7 Å². The maximum Gasteiger partial charge on any atom is 0.142 e. The van der Waals surface area contributed by atoms with E-state index in [1.165, 1.54) is 0 Å². The third-order valence-electron chi connectivity index (χ3n) is 3.23. The summed E-state index contributed by atoms with van der Waals surface area (Å²) in [5.74, 6) is 0.964. The van der Waals surface area contributed by atoms with Crippen molar-refractivity contribution in [2.75, 3.05) is 0 Å². The van der Waals surface area contributed by atoms with Crippen LogP contribution in [-0.2, 0) is 13.5 Å². The normalized spacial score (nSPS) is 11.0. The number of para-hydroxylation sites is 2. The van der Waals surface area contributed by atoms with Crippen LogP contribution in [0.4, 0.5) is 0 Å². The van der Waals surface area contributed by atoms with Gasteiger partial charge in [-0.3, -0.25) is 4.98 Å². The second-order valence-electron chi connectivity index (χ2n) is 4.37. The van der Waals surface area contributed by atoms with Gasteiger partial charge in [0.2, 0.25) is 0 Å². The fraction of sp³-hybridized carbons (Fsp3) is 0.200. The lowest BCUT2D eigenvalue weighted by Gasteiger charge is -2.02. The summed E-state index contributed by atoms with van der Waals surface area (Å²) in [5.41, 5.74) is 4.34. The third kappa shape index (κ3) is 1.68. The molecule has 0 saturated carbocycles. The molecule has 0 radical (unpaired) electrons. The van der Waals surface area contributed by atoms with E-state index in [9.17, 15) is 0 Å². The zero-order valence-electron chi connectivity index (χ0n) is 10.6. The van der Waals surface area contributed by atoms with E-state index in [2.05, 4.69) is 39.7 Å². The molecule has 0 saturated heterocycles. The number of rotatable bonds is 2. The van der Waals surface area contributed by atoms with Crippen LogP contribution in [0.3, 0.4) is 0 Å². The summed E-state index contributed by atoms with van der Waals surface area (Å²) in [6, 6.07) is 12.3. The Labute approximate surface area is 106 Å². The van der Waals surface area contributed by atoms with Gasteiger partial charge in [0.1, 0.15) is 5.82 Å². The molecule has 0 atom stereocenters. The van der Waals surface area contributed by atoms with Crippen LogP contribution >= 0.6 is 0 Å². The summed E-state index contributed by atoms with van der Waals surface area (Å²) in [6.07, 6.45) is 2.86. The standard InChI is InChI=1S/C15H15N3/c1-3-12-9-8-11(10-16-12)15-17-13-6-4-5-7-14(13)18(15)2/h4-10H,3H2,1-2H3. The molecule has 3 rings (SSSR count). The largest absolute Gasteiger partial charge is 0.327 e. The number of imidazole rings is 1. The van der Waals surface area contributed by atoms with Crippen molar-refractivity contribution < 1.29 is 0 Å². The van der Waals surface area contributed by atoms with Gasteiger partial charge in [-0.15, -0.1) is 0 Å². The average Bonchev–Trinajstić information content (AvgIpc) is 2.77. The molecule has 2 heterocycles. The molecule has 0 spiro atoms. The molecule has 0 amide bonds. The van der Waals surface area contributed by atoms with E-state index in [1.807, 2.05) is 31.4 Å². The summed E-state index contributed by atoms with van der Waals surface area (Å²) in [7, 11) is 2.04. The van der Waals surface area contributed by atoms with Gasteiger partial charge >= 0.3 is 0 Å². The van der Waals surface area contributed by atoms with Gasteiger partial charge in [-0.1, -0.05) is 19.1 Å². The van der Waals surface area contributed by atoms with Crippen molar-refractivity contribution in [3.8, 4) is 11.4 Å². The highest BCUT2D eigenvalue weighted by molar-refractivity contribution is 5.80. The van der Waals surface area contributed by atoms with Crippen molar-refractivity contribution in [3.05, 3.63) is 48.3 Å². The predicted molar refractivity (Wildman–Crippen MR) is 73.3 cm³/mol. The highest BCUT2D eigenvalue weighted by Gasteiger charge is 2.09. The molecule has 0 aliphatic carbocycles. The summed E-state index contributed by atoms with van der Waals surface area (Å²) in [4.78, 5) is 9.09. The first kappa shape index (κ1) is 11.0. The SMILES string of the molecule is CCc1ccc(-c2nc3ccccc3n2C)cn1. The highest BCUT2D eigenvalue weighted by Crippen LogP contribution is 2.22. The molecule has 0 aliphatic rings. The van der Waals surface area contributed by atoms with Crippen molar-refractivity contribution in [1.82, 2.24) is 14.5 Å². The fourth-order valence-electron chi connectivity index (χ4n) is 2.17. The number of benzene rings is 1. The number of aromatic nitrogens is 3. The van der Waals surface area contributed by atoms with Gasteiger partial charge in [0.25, 0.3) is 0 Å². The van der Waals surface area contributed by atoms with Crippen LogP contribution in [-0.4, -0.2) is 14.5 Å². The first-order valence-electron chi connectivity index (χ1n) is 6.16. The monoisotopic (exact) mass is 237 g/mol. The molecule has 3 nitrogen and oxygen atoms in total. The van der Waals surface area contributed by atoms with Crippen LogP contribution in [0.15, 0.2) is 42.6 Å². The number of hydrogen-bond acceptors (Lipinski definition) is 2. The Morgan fingerprint density at radius 3 is 2.61 bits per heavy atom. The lowest BCUT2D eigenvalue weighted by atomic mass is 10.2. The molecule has 1 aromatic carbocycles. The maximum absolute atomic E-state index is 4.66. The van der Waals surface area contributed by atoms with Crippen LogP contribution in [0.1, 0.15) is 12.6 Å². The molecule has 0 fully saturated rings. The Bertz CT molecular complexity index is 681. The van der Waals surface area contributed by atoms with Crippen LogP contribution in [0.5, 0.6) is 0 Å². The van der Waals surface area contributed by atoms with Crippen molar-refractivity contribution in [1.29, 1.82) is 0 Å². The quantitative estimate of drug-likeness (QED) is 0.685. The first-order chi connectivity index (χ1) is 8.79. The van der Waals surface area contributed by atoms with Crippen LogP contribution in [0.2, 0.25) is 0 Å². The number of fused-ring (bicyclic) bond motifs is 1. The molecular formula is C15H15N3. The lowest BCUT2D eigenvalue weighted by molar-refractivity contribution is 0.953. The van der Waals surface area contributed by atoms with E-state index in [0.29, 0.717) is 0 Å². The summed E-state index contributed by atoms with van der Waals surface area (Å²) < 4.78 is 2.11. The van der Waals surface area contributed by atoms with E-state index >= 15 is 0 Å². The Morgan fingerprint density at radius 2 is 1.94 bits per heavy atom. The molecular weight excluding hydrogens is 222 g/mol. The molecule has 3 aromatic rings. The summed E-state index contributed by atoms with van der Waals surface area (Å²) in [5, 5.41) is 0. The highest BCUT2D eigenvalue weighted by atomic mass is 15.1. The third-order valence-corrected chi connectivity index (χ3v) is 3.23. The van der Waals surface area contributed by atoms with Crippen molar-refractivity contribution in [2.24, 2.45) is 7.05 Å². The van der Waals surface area contributed by atoms with Crippen LogP contribution in [0, 0.1) is 0 Å². The molecule has 90 valence electrons. The van der Waals surface area contributed by atoms with E-state index < -0.39 is 0 Å². The van der Waals surface area contributed by atoms with E-state index in [4.69, 9.17) is 0 Å². The Hall–Kier alpha value is -2.16. The van der Waals surface area contributed by atoms with Gasteiger partial charge in [0.05, 0.1) is 11.0 Å². The second-order valence-corrected chi connectivity index (χ2v) is 4.37. The number of aryl methyl sites for hydroxylation is 2. The molecule has 18 heavy (non-hydrogen) atoms. The molecule has 0 aliphatic heterocycles. The Balaban J connectivity index is 2.15. The minimum absolute atomic E-state index is 0.961. The Kier molecular flexibility index (Phi) is 2.59. The van der Waals surface area contributed by atoms with E-state index in [-0.39, 0.29) is 0 Å². The van der Waals surface area contributed by atoms with E-state index in [1.54, 1.807) is 0 Å². The van der Waals surface area contributed by atoms with Gasteiger partial charge in [-0.25, -0.2) is 4.98 Å². The summed E-state index contributed by atoms with van der Waals surface area (Å²) in [6.45, 7) is 2.11. The molecule has 2 aromatic heterocycles. The first-order valence-corrected chi connectivity index (χ1v) is 6.16. The van der Waals surface area contributed by atoms with Crippen molar-refractivity contribution in [2.45, 2.75) is 13.3 Å². The van der Waals surface area contributed by atoms with Gasteiger partial charge < -0.3 is 4.57 Å². The topological polar surface area (TPSA) is 30.7 Å². The number of nitrogens with zero attached hydrogens (tertiary/aromatic N) is 3. The average molecular weight is 237 g/mol. The van der Waals surface area contributed by atoms with Crippen molar-refractivity contribution >= 4 is 11.0 Å². The van der Waals surface area contributed by atoms with Gasteiger partial charge in [0.15, 0.2) is 0 Å². The molecule has 0 N–H and O–H groups in total. The van der Waals surface area contributed by atoms with Gasteiger partial charge in [-0.2, -0.15) is 0 Å². The molecule has 0 bridgehead atoms. The smallest absolute Gasteiger partial charge is 0.142 e. The lowest BCUT2D eigenvalue weighted by Crippen LogP contribution is -1.94. The van der Waals surface area contributed by atoms with Crippen LogP contribution < -0.4 is 0 Å². The number of hydrogen-bond donors (Lipinski definition) is 0. The van der Waals surface area contributed by atoms with Crippen LogP contribution in [0.25, 0.3) is 22.4 Å².